The molecule has 2 aliphatic rings. The number of imidazole rings is 1. The summed E-state index contributed by atoms with van der Waals surface area (Å²) in [6.07, 6.45) is 3.14. The lowest BCUT2D eigenvalue weighted by molar-refractivity contribution is 0.0257. The predicted octanol–water partition coefficient (Wildman–Crippen LogP) is 5.01. The fourth-order valence-corrected chi connectivity index (χ4v) is 5.44. The van der Waals surface area contributed by atoms with E-state index in [-0.39, 0.29) is 36.1 Å². The van der Waals surface area contributed by atoms with Gasteiger partial charge in [0.05, 0.1) is 23.5 Å². The van der Waals surface area contributed by atoms with E-state index in [1.807, 2.05) is 6.07 Å². The van der Waals surface area contributed by atoms with Gasteiger partial charge in [0.25, 0.3) is 5.92 Å². The van der Waals surface area contributed by atoms with Crippen molar-refractivity contribution < 1.29 is 17.6 Å². The molecule has 0 aliphatic carbocycles. The molecule has 4 aromatic rings. The number of nitrogens with zero attached hydrogens (tertiary/aromatic N) is 6. The van der Waals surface area contributed by atoms with E-state index >= 15 is 4.39 Å². The molecule has 0 saturated carbocycles. The van der Waals surface area contributed by atoms with Gasteiger partial charge in [-0.1, -0.05) is 0 Å². The first kappa shape index (κ1) is 25.1. The van der Waals surface area contributed by atoms with Crippen LogP contribution in [-0.4, -0.2) is 52.7 Å². The molecule has 2 aromatic carbocycles. The van der Waals surface area contributed by atoms with Crippen LogP contribution in [0.1, 0.15) is 24.8 Å². The molecule has 39 heavy (non-hydrogen) atoms. The molecule has 11 heteroatoms. The van der Waals surface area contributed by atoms with Gasteiger partial charge in [-0.2, -0.15) is 5.26 Å². The number of alkyl halides is 2. The number of piperidine rings is 1. The average Bonchev–Trinajstić information content (AvgIpc) is 3.48. The molecule has 2 aliphatic heterocycles. The molecule has 2 aromatic heterocycles. The number of fused-ring (bicyclic) bond motifs is 1. The second-order valence-electron chi connectivity index (χ2n) is 10.1. The third-order valence-electron chi connectivity index (χ3n) is 7.38. The first-order chi connectivity index (χ1) is 18.7. The standard InChI is InChI=1S/C28H25F4N7/c29-21-12-17(3-4-18(21)14-33)26-36-25-24(37-10-1-2-19(34)15-37)7-9-35-27(25)39(26)23-6-5-20(13-22(23)30)38-11-8-28(31,32)16-38/h3-7,9,12-13,19H,1-2,8,10-11,15-16,34H2/t19-/m1/s1. The fraction of sp³-hybridized carbons (Fsp3) is 0.321. The molecule has 2 N–H and O–H groups in total. The van der Waals surface area contributed by atoms with Crippen LogP contribution in [0.5, 0.6) is 0 Å². The van der Waals surface area contributed by atoms with Crippen molar-refractivity contribution in [2.45, 2.75) is 31.2 Å². The van der Waals surface area contributed by atoms with E-state index in [0.29, 0.717) is 29.0 Å². The van der Waals surface area contributed by atoms with Crippen molar-refractivity contribution in [1.29, 1.82) is 5.26 Å². The molecule has 200 valence electrons. The highest BCUT2D eigenvalue weighted by Crippen LogP contribution is 2.36. The molecule has 2 fully saturated rings. The van der Waals surface area contributed by atoms with Crippen LogP contribution in [0.15, 0.2) is 48.7 Å². The Morgan fingerprint density at radius 1 is 1.00 bits per heavy atom. The van der Waals surface area contributed by atoms with Crippen molar-refractivity contribution in [2.75, 3.05) is 36.0 Å². The van der Waals surface area contributed by atoms with Gasteiger partial charge in [0, 0.05) is 49.5 Å². The van der Waals surface area contributed by atoms with Crippen LogP contribution in [0, 0.1) is 23.0 Å². The maximum Gasteiger partial charge on any atom is 0.266 e. The Balaban J connectivity index is 1.52. The van der Waals surface area contributed by atoms with Crippen LogP contribution < -0.4 is 15.5 Å². The zero-order chi connectivity index (χ0) is 27.3. The summed E-state index contributed by atoms with van der Waals surface area (Å²) in [6.45, 7) is 1.04. The number of anilines is 2. The largest absolute Gasteiger partial charge is 0.368 e. The highest BCUT2D eigenvalue weighted by atomic mass is 19.3. The Kier molecular flexibility index (Phi) is 6.14. The summed E-state index contributed by atoms with van der Waals surface area (Å²) >= 11 is 0. The molecule has 0 bridgehead atoms. The molecule has 4 heterocycles. The lowest BCUT2D eigenvalue weighted by Crippen LogP contribution is -2.42. The lowest BCUT2D eigenvalue weighted by Gasteiger charge is -2.32. The average molecular weight is 536 g/mol. The van der Waals surface area contributed by atoms with Gasteiger partial charge in [0.1, 0.15) is 29.0 Å². The van der Waals surface area contributed by atoms with Crippen molar-refractivity contribution in [2.24, 2.45) is 5.73 Å². The number of hydrogen-bond acceptors (Lipinski definition) is 6. The number of rotatable bonds is 4. The number of pyridine rings is 1. The minimum atomic E-state index is -2.82. The van der Waals surface area contributed by atoms with Gasteiger partial charge in [-0.3, -0.25) is 4.57 Å². The van der Waals surface area contributed by atoms with Gasteiger partial charge >= 0.3 is 0 Å². The topological polar surface area (TPSA) is 87.0 Å². The smallest absolute Gasteiger partial charge is 0.266 e. The van der Waals surface area contributed by atoms with Crippen LogP contribution in [0.2, 0.25) is 0 Å². The van der Waals surface area contributed by atoms with Crippen LogP contribution in [0.25, 0.3) is 28.2 Å². The van der Waals surface area contributed by atoms with Gasteiger partial charge in [-0.25, -0.2) is 27.5 Å². The predicted molar refractivity (Wildman–Crippen MR) is 140 cm³/mol. The van der Waals surface area contributed by atoms with Crippen molar-refractivity contribution >= 4 is 22.5 Å². The summed E-state index contributed by atoms with van der Waals surface area (Å²) < 4.78 is 59.5. The second-order valence-corrected chi connectivity index (χ2v) is 10.1. The summed E-state index contributed by atoms with van der Waals surface area (Å²) in [5.74, 6) is -3.98. The quantitative estimate of drug-likeness (QED) is 0.370. The summed E-state index contributed by atoms with van der Waals surface area (Å²) in [5, 5.41) is 9.18. The summed E-state index contributed by atoms with van der Waals surface area (Å²) in [6, 6.07) is 12.0. The zero-order valence-corrected chi connectivity index (χ0v) is 20.9. The number of hydrogen-bond donors (Lipinski definition) is 1. The summed E-state index contributed by atoms with van der Waals surface area (Å²) in [7, 11) is 0. The monoisotopic (exact) mass is 535 g/mol. The Bertz CT molecular complexity index is 1610. The molecule has 6 rings (SSSR count). The van der Waals surface area contributed by atoms with Crippen molar-refractivity contribution in [3.8, 4) is 23.1 Å². The van der Waals surface area contributed by atoms with Gasteiger partial charge in [0.15, 0.2) is 5.65 Å². The highest BCUT2D eigenvalue weighted by molar-refractivity contribution is 5.90. The van der Waals surface area contributed by atoms with Gasteiger partial charge in [0.2, 0.25) is 0 Å². The molecule has 0 amide bonds. The Morgan fingerprint density at radius 3 is 2.54 bits per heavy atom. The number of halogens is 4. The third kappa shape index (κ3) is 4.55. The van der Waals surface area contributed by atoms with Crippen molar-refractivity contribution in [1.82, 2.24) is 14.5 Å². The van der Waals surface area contributed by atoms with Gasteiger partial charge in [-0.05, 0) is 55.3 Å². The number of nitriles is 1. The normalized spacial score (nSPS) is 19.0. The summed E-state index contributed by atoms with van der Waals surface area (Å²) in [4.78, 5) is 12.9. The molecule has 0 unspecified atom stereocenters. The lowest BCUT2D eigenvalue weighted by atomic mass is 10.1. The molecule has 1 atom stereocenters. The van der Waals surface area contributed by atoms with E-state index in [1.165, 1.54) is 33.7 Å². The van der Waals surface area contributed by atoms with Crippen molar-refractivity contribution in [3.05, 3.63) is 65.9 Å². The highest BCUT2D eigenvalue weighted by Gasteiger charge is 2.38. The molecule has 0 radical (unpaired) electrons. The fourth-order valence-electron chi connectivity index (χ4n) is 5.44. The number of nitrogens with two attached hydrogens (primary N) is 1. The molecule has 2 saturated heterocycles. The van der Waals surface area contributed by atoms with Crippen LogP contribution >= 0.6 is 0 Å². The van der Waals surface area contributed by atoms with E-state index in [2.05, 4.69) is 9.88 Å². The summed E-state index contributed by atoms with van der Waals surface area (Å²) in [5.41, 5.74) is 8.48. The van der Waals surface area contributed by atoms with Crippen LogP contribution in [-0.2, 0) is 0 Å². The van der Waals surface area contributed by atoms with Gasteiger partial charge < -0.3 is 15.5 Å². The molecular weight excluding hydrogens is 510 g/mol. The first-order valence-electron chi connectivity index (χ1n) is 12.7. The number of benzene rings is 2. The van der Waals surface area contributed by atoms with Crippen molar-refractivity contribution in [3.63, 3.8) is 0 Å². The minimum Gasteiger partial charge on any atom is -0.368 e. The zero-order valence-electron chi connectivity index (χ0n) is 20.9. The SMILES string of the molecule is N#Cc1ccc(-c2nc3c(N4CCC[C@@H](N)C4)ccnc3n2-c2ccc(N3CCC(F)(F)C3)cc2F)cc1F. The molecule has 7 nitrogen and oxygen atoms in total. The molecule has 0 spiro atoms. The second kappa shape index (κ2) is 9.54. The van der Waals surface area contributed by atoms with Gasteiger partial charge in [-0.15, -0.1) is 0 Å². The van der Waals surface area contributed by atoms with E-state index in [9.17, 15) is 18.4 Å². The Morgan fingerprint density at radius 2 is 1.85 bits per heavy atom. The molecular formula is C28H25F4N7. The van der Waals surface area contributed by atoms with E-state index in [4.69, 9.17) is 10.7 Å². The number of aromatic nitrogens is 3. The maximum absolute atomic E-state index is 15.8. The maximum atomic E-state index is 15.8. The van der Waals surface area contributed by atoms with E-state index in [1.54, 1.807) is 24.4 Å². The van der Waals surface area contributed by atoms with E-state index < -0.39 is 24.1 Å². The van der Waals surface area contributed by atoms with Crippen LogP contribution in [0.4, 0.5) is 28.9 Å². The first-order valence-corrected chi connectivity index (χ1v) is 12.7. The Labute approximate surface area is 222 Å². The third-order valence-corrected chi connectivity index (χ3v) is 7.38. The minimum absolute atomic E-state index is 0.000836. The van der Waals surface area contributed by atoms with E-state index in [0.717, 1.165) is 25.1 Å². The van der Waals surface area contributed by atoms with Crippen LogP contribution in [0.3, 0.4) is 0 Å². The Hall–Kier alpha value is -4.17.